The van der Waals surface area contributed by atoms with Crippen LogP contribution in [-0.2, 0) is 4.79 Å². The molecule has 0 radical (unpaired) electrons. The van der Waals surface area contributed by atoms with Gasteiger partial charge in [-0.25, -0.2) is 13.8 Å². The zero-order valence-electron chi connectivity index (χ0n) is 18.5. The zero-order valence-corrected chi connectivity index (χ0v) is 18.5. The second kappa shape index (κ2) is 10.3. The number of ether oxygens (including phenoxy) is 2. The largest absolute Gasteiger partial charge is 0.494 e. The number of nitrogens with zero attached hydrogens (tertiary/aromatic N) is 3. The summed E-state index contributed by atoms with van der Waals surface area (Å²) < 4.78 is 42.8. The molecule has 1 aromatic carbocycles. The van der Waals surface area contributed by atoms with E-state index in [4.69, 9.17) is 19.0 Å². The molecule has 184 valence electrons. The topological polar surface area (TPSA) is 149 Å². The van der Waals surface area contributed by atoms with E-state index in [9.17, 15) is 18.4 Å². The minimum atomic E-state index is -1.06. The Morgan fingerprint density at radius 1 is 1.11 bits per heavy atom. The highest BCUT2D eigenvalue weighted by Gasteiger charge is 2.27. The molecule has 0 bridgehead atoms. The van der Waals surface area contributed by atoms with Crippen molar-refractivity contribution < 1.29 is 37.4 Å². The highest BCUT2D eigenvalue weighted by molar-refractivity contribution is 6.01. The average Bonchev–Trinajstić information content (AvgIpc) is 3.31. The van der Waals surface area contributed by atoms with E-state index in [1.165, 1.54) is 25.4 Å². The van der Waals surface area contributed by atoms with Gasteiger partial charge in [0.2, 0.25) is 5.88 Å². The maximum absolute atomic E-state index is 13.3. The van der Waals surface area contributed by atoms with Crippen molar-refractivity contribution in [1.82, 2.24) is 15.2 Å². The Labute approximate surface area is 197 Å². The van der Waals surface area contributed by atoms with E-state index in [2.05, 4.69) is 25.8 Å². The number of anilines is 3. The minimum Gasteiger partial charge on any atom is -0.494 e. The van der Waals surface area contributed by atoms with Crippen LogP contribution in [0.4, 0.5) is 26.2 Å². The quantitative estimate of drug-likeness (QED) is 0.427. The van der Waals surface area contributed by atoms with Gasteiger partial charge in [0.25, 0.3) is 0 Å². The van der Waals surface area contributed by atoms with Crippen LogP contribution in [0.25, 0.3) is 0 Å². The summed E-state index contributed by atoms with van der Waals surface area (Å²) in [5, 5.41) is 21.5. The Hall–Kier alpha value is -4.29. The fourth-order valence-corrected chi connectivity index (χ4v) is 3.58. The van der Waals surface area contributed by atoms with Crippen LogP contribution in [0.2, 0.25) is 0 Å². The molecule has 0 atom stereocenters. The van der Waals surface area contributed by atoms with Gasteiger partial charge in [0.15, 0.2) is 11.6 Å². The number of carbonyl (C=O) groups excluding carboxylic acids is 1. The summed E-state index contributed by atoms with van der Waals surface area (Å²) in [5.74, 6) is -3.83. The standard InChI is InChI=1S/C22H21F2N5O6/c1-33-17-9-18(34-13-5-2-11(3-6-13)21(31)32)25-10-16(17)27-19(30)20-28-29-22(35-20)26-12-4-7-14(23)15(24)8-12/h4,7-11,13H,2-3,5-6H2,1H3,(H,26,29)(H,27,30)(H,31,32). The first kappa shape index (κ1) is 23.9. The van der Waals surface area contributed by atoms with Gasteiger partial charge in [-0.2, -0.15) is 0 Å². The molecule has 2 heterocycles. The second-order valence-electron chi connectivity index (χ2n) is 7.77. The number of carboxylic acids is 1. The predicted octanol–water partition coefficient (Wildman–Crippen LogP) is 3.77. The van der Waals surface area contributed by atoms with Gasteiger partial charge in [-0.3, -0.25) is 9.59 Å². The van der Waals surface area contributed by atoms with Crippen LogP contribution in [0.15, 0.2) is 34.9 Å². The predicted molar refractivity (Wildman–Crippen MR) is 117 cm³/mol. The molecule has 11 nitrogen and oxygen atoms in total. The summed E-state index contributed by atoms with van der Waals surface area (Å²) in [5.41, 5.74) is 0.366. The molecule has 0 saturated heterocycles. The van der Waals surface area contributed by atoms with Gasteiger partial charge in [-0.05, 0) is 37.8 Å². The molecule has 1 aliphatic carbocycles. The Bertz CT molecular complexity index is 1230. The number of aliphatic carboxylic acids is 1. The van der Waals surface area contributed by atoms with Crippen molar-refractivity contribution in [3.8, 4) is 11.6 Å². The zero-order chi connectivity index (χ0) is 24.9. The number of nitrogens with one attached hydrogen (secondary N) is 2. The molecule has 1 fully saturated rings. The van der Waals surface area contributed by atoms with Crippen LogP contribution in [0.1, 0.15) is 36.4 Å². The first-order valence-corrected chi connectivity index (χ1v) is 10.6. The molecule has 35 heavy (non-hydrogen) atoms. The number of hydrogen-bond donors (Lipinski definition) is 3. The third-order valence-electron chi connectivity index (χ3n) is 5.41. The summed E-state index contributed by atoms with van der Waals surface area (Å²) in [6, 6.07) is 4.39. The minimum absolute atomic E-state index is 0.150. The van der Waals surface area contributed by atoms with E-state index >= 15 is 0 Å². The van der Waals surface area contributed by atoms with E-state index in [1.807, 2.05) is 0 Å². The lowest BCUT2D eigenvalue weighted by Gasteiger charge is -2.26. The van der Waals surface area contributed by atoms with Gasteiger partial charge < -0.3 is 29.6 Å². The maximum atomic E-state index is 13.3. The van der Waals surface area contributed by atoms with Crippen LogP contribution in [0.5, 0.6) is 11.6 Å². The third-order valence-corrected chi connectivity index (χ3v) is 5.41. The normalized spacial score (nSPS) is 17.5. The third kappa shape index (κ3) is 5.80. The molecule has 13 heteroatoms. The van der Waals surface area contributed by atoms with Crippen molar-refractivity contribution in [2.45, 2.75) is 31.8 Å². The van der Waals surface area contributed by atoms with E-state index in [0.717, 1.165) is 12.1 Å². The monoisotopic (exact) mass is 489 g/mol. The molecule has 0 aliphatic heterocycles. The summed E-state index contributed by atoms with van der Waals surface area (Å²) in [4.78, 5) is 27.8. The van der Waals surface area contributed by atoms with E-state index in [0.29, 0.717) is 25.7 Å². The lowest BCUT2D eigenvalue weighted by atomic mass is 9.87. The van der Waals surface area contributed by atoms with Gasteiger partial charge in [-0.15, -0.1) is 5.10 Å². The van der Waals surface area contributed by atoms with E-state index in [-0.39, 0.29) is 41.0 Å². The van der Waals surface area contributed by atoms with Crippen molar-refractivity contribution in [3.05, 3.63) is 48.0 Å². The number of methoxy groups -OCH3 is 1. The lowest BCUT2D eigenvalue weighted by Crippen LogP contribution is -2.28. The smallest absolute Gasteiger partial charge is 0.320 e. The molecule has 2 aromatic heterocycles. The second-order valence-corrected chi connectivity index (χ2v) is 7.77. The summed E-state index contributed by atoms with van der Waals surface area (Å²) in [7, 11) is 1.41. The van der Waals surface area contributed by atoms with Crippen LogP contribution in [0.3, 0.4) is 0 Å². The Kier molecular flexibility index (Phi) is 7.03. The highest BCUT2D eigenvalue weighted by Crippen LogP contribution is 2.31. The average molecular weight is 489 g/mol. The summed E-state index contributed by atoms with van der Waals surface area (Å²) >= 11 is 0. The maximum Gasteiger partial charge on any atom is 0.320 e. The number of carbonyl (C=O) groups is 2. The van der Waals surface area contributed by atoms with Crippen molar-refractivity contribution in [1.29, 1.82) is 0 Å². The molecule has 1 amide bonds. The highest BCUT2D eigenvalue weighted by atomic mass is 19.2. The van der Waals surface area contributed by atoms with Crippen molar-refractivity contribution in [3.63, 3.8) is 0 Å². The molecule has 1 aliphatic rings. The molecule has 3 aromatic rings. The number of halogens is 2. The molecular formula is C22H21F2N5O6. The molecule has 3 N–H and O–H groups in total. The fraction of sp³-hybridized carbons (Fsp3) is 0.318. The summed E-state index contributed by atoms with van der Waals surface area (Å²) in [6.45, 7) is 0. The number of rotatable bonds is 8. The van der Waals surface area contributed by atoms with Crippen LogP contribution in [-0.4, -0.2) is 45.4 Å². The van der Waals surface area contributed by atoms with E-state index < -0.39 is 29.4 Å². The number of benzene rings is 1. The number of amides is 1. The number of aromatic nitrogens is 3. The fourth-order valence-electron chi connectivity index (χ4n) is 3.58. The van der Waals surface area contributed by atoms with Gasteiger partial charge in [0.1, 0.15) is 17.5 Å². The number of hydrogen-bond acceptors (Lipinski definition) is 9. The van der Waals surface area contributed by atoms with Crippen LogP contribution in [0, 0.1) is 17.6 Å². The Morgan fingerprint density at radius 3 is 2.57 bits per heavy atom. The van der Waals surface area contributed by atoms with Gasteiger partial charge in [0.05, 0.1) is 19.2 Å². The number of pyridine rings is 1. The van der Waals surface area contributed by atoms with Gasteiger partial charge in [-0.1, -0.05) is 5.10 Å². The van der Waals surface area contributed by atoms with Crippen molar-refractivity contribution in [2.75, 3.05) is 17.7 Å². The first-order valence-electron chi connectivity index (χ1n) is 10.6. The molecule has 0 spiro atoms. The van der Waals surface area contributed by atoms with Gasteiger partial charge in [0, 0.05) is 17.8 Å². The molecule has 4 rings (SSSR count). The van der Waals surface area contributed by atoms with Crippen LogP contribution >= 0.6 is 0 Å². The summed E-state index contributed by atoms with van der Waals surface area (Å²) in [6.07, 6.45) is 3.42. The molecule has 0 unspecified atom stereocenters. The van der Waals surface area contributed by atoms with Crippen molar-refractivity contribution in [2.24, 2.45) is 5.92 Å². The lowest BCUT2D eigenvalue weighted by molar-refractivity contribution is -0.143. The number of carboxylic acid groups (broad SMARTS) is 1. The van der Waals surface area contributed by atoms with Crippen molar-refractivity contribution >= 4 is 29.3 Å². The van der Waals surface area contributed by atoms with Crippen LogP contribution < -0.4 is 20.1 Å². The Morgan fingerprint density at radius 2 is 1.89 bits per heavy atom. The first-order chi connectivity index (χ1) is 16.8. The Balaban J connectivity index is 1.37. The molecule has 1 saturated carbocycles. The molecular weight excluding hydrogens is 468 g/mol. The van der Waals surface area contributed by atoms with Gasteiger partial charge >= 0.3 is 23.8 Å². The SMILES string of the molecule is COc1cc(OC2CCC(C(=O)O)CC2)ncc1NC(=O)c1nnc(Nc2ccc(F)c(F)c2)o1. The van der Waals surface area contributed by atoms with E-state index in [1.54, 1.807) is 0 Å².